The summed E-state index contributed by atoms with van der Waals surface area (Å²) in [5.74, 6) is 0. The lowest BCUT2D eigenvalue weighted by Crippen LogP contribution is -2.37. The van der Waals surface area contributed by atoms with Crippen molar-refractivity contribution >= 4 is 0 Å². The Labute approximate surface area is 123 Å². The summed E-state index contributed by atoms with van der Waals surface area (Å²) in [6.07, 6.45) is 2.29. The molecular weight excluding hydrogens is 246 g/mol. The van der Waals surface area contributed by atoms with Gasteiger partial charge in [-0.05, 0) is 43.6 Å². The van der Waals surface area contributed by atoms with Gasteiger partial charge < -0.3 is 5.73 Å². The molecule has 20 heavy (non-hydrogen) atoms. The molecule has 1 aliphatic heterocycles. The van der Waals surface area contributed by atoms with Gasteiger partial charge in [0.15, 0.2) is 0 Å². The average molecular weight is 275 g/mol. The van der Waals surface area contributed by atoms with Crippen molar-refractivity contribution in [3.05, 3.63) is 35.4 Å². The molecule has 3 nitrogen and oxygen atoms in total. The van der Waals surface area contributed by atoms with Gasteiger partial charge in [0.25, 0.3) is 0 Å². The predicted octanol–water partition coefficient (Wildman–Crippen LogP) is 2.10. The fraction of sp³-hybridized carbons (Fsp3) is 0.647. The van der Waals surface area contributed by atoms with Gasteiger partial charge >= 0.3 is 0 Å². The molecule has 1 atom stereocenters. The summed E-state index contributed by atoms with van der Waals surface area (Å²) >= 11 is 0. The quantitative estimate of drug-likeness (QED) is 0.827. The van der Waals surface area contributed by atoms with Gasteiger partial charge in [-0.15, -0.1) is 0 Å². The Hall–Kier alpha value is -0.900. The van der Waals surface area contributed by atoms with E-state index in [1.165, 1.54) is 43.7 Å². The largest absolute Gasteiger partial charge is 0.330 e. The summed E-state index contributed by atoms with van der Waals surface area (Å²) in [4.78, 5) is 5.17. The molecule has 1 unspecified atom stereocenters. The number of hydrogen-bond donors (Lipinski definition) is 1. The van der Waals surface area contributed by atoms with Crippen LogP contribution in [0.25, 0.3) is 0 Å². The first kappa shape index (κ1) is 15.5. The molecule has 2 N–H and O–H groups in total. The standard InChI is InChI=1S/C17H29N3/c1-3-20(4-2)17-10-12-19(14-17)13-16-7-5-15(6-8-16)9-11-18/h5-8,17H,3-4,9-14,18H2,1-2H3. The number of likely N-dealkylation sites (tertiary alicyclic amines) is 1. The van der Waals surface area contributed by atoms with Crippen LogP contribution in [0.15, 0.2) is 24.3 Å². The lowest BCUT2D eigenvalue weighted by molar-refractivity contribution is 0.209. The molecule has 1 fully saturated rings. The lowest BCUT2D eigenvalue weighted by Gasteiger charge is -2.26. The molecule has 0 saturated carbocycles. The normalized spacial score (nSPS) is 19.9. The van der Waals surface area contributed by atoms with Crippen LogP contribution in [0.2, 0.25) is 0 Å². The zero-order chi connectivity index (χ0) is 14.4. The molecule has 1 aromatic rings. The minimum Gasteiger partial charge on any atom is -0.330 e. The minimum absolute atomic E-state index is 0.733. The predicted molar refractivity (Wildman–Crippen MR) is 85.8 cm³/mol. The van der Waals surface area contributed by atoms with Crippen LogP contribution in [0.1, 0.15) is 31.4 Å². The Morgan fingerprint density at radius 1 is 1.15 bits per heavy atom. The summed E-state index contributed by atoms with van der Waals surface area (Å²) in [6.45, 7) is 11.1. The molecule has 3 heteroatoms. The van der Waals surface area contributed by atoms with E-state index in [0.29, 0.717) is 0 Å². The minimum atomic E-state index is 0.733. The summed E-state index contributed by atoms with van der Waals surface area (Å²) in [7, 11) is 0. The van der Waals surface area contributed by atoms with Gasteiger partial charge in [0.1, 0.15) is 0 Å². The number of hydrogen-bond acceptors (Lipinski definition) is 3. The smallest absolute Gasteiger partial charge is 0.0235 e. The van der Waals surface area contributed by atoms with E-state index in [-0.39, 0.29) is 0 Å². The van der Waals surface area contributed by atoms with Crippen LogP contribution in [0, 0.1) is 0 Å². The van der Waals surface area contributed by atoms with Crippen LogP contribution < -0.4 is 5.73 Å². The number of likely N-dealkylation sites (N-methyl/N-ethyl adjacent to an activating group) is 1. The lowest BCUT2D eigenvalue weighted by atomic mass is 10.1. The van der Waals surface area contributed by atoms with E-state index in [9.17, 15) is 0 Å². The maximum Gasteiger partial charge on any atom is 0.0235 e. The molecule has 0 aliphatic carbocycles. The average Bonchev–Trinajstić information content (AvgIpc) is 2.91. The molecule has 0 bridgehead atoms. The highest BCUT2D eigenvalue weighted by Gasteiger charge is 2.25. The van der Waals surface area contributed by atoms with Crippen LogP contribution in [0.4, 0.5) is 0 Å². The van der Waals surface area contributed by atoms with E-state index < -0.39 is 0 Å². The van der Waals surface area contributed by atoms with Crippen molar-refractivity contribution in [2.75, 3.05) is 32.7 Å². The van der Waals surface area contributed by atoms with Crippen molar-refractivity contribution in [3.8, 4) is 0 Å². The zero-order valence-corrected chi connectivity index (χ0v) is 13.0. The van der Waals surface area contributed by atoms with Gasteiger partial charge in [0.2, 0.25) is 0 Å². The highest BCUT2D eigenvalue weighted by atomic mass is 15.2. The molecule has 0 amide bonds. The van der Waals surface area contributed by atoms with E-state index in [1.54, 1.807) is 0 Å². The molecule has 1 heterocycles. The van der Waals surface area contributed by atoms with Gasteiger partial charge in [-0.1, -0.05) is 38.1 Å². The second-order valence-corrected chi connectivity index (χ2v) is 5.75. The van der Waals surface area contributed by atoms with E-state index in [1.807, 2.05) is 0 Å². The van der Waals surface area contributed by atoms with Crippen molar-refractivity contribution in [1.82, 2.24) is 9.80 Å². The van der Waals surface area contributed by atoms with Gasteiger partial charge in [-0.3, -0.25) is 9.80 Å². The topological polar surface area (TPSA) is 32.5 Å². The van der Waals surface area contributed by atoms with Crippen molar-refractivity contribution in [2.24, 2.45) is 5.73 Å². The summed E-state index contributed by atoms with van der Waals surface area (Å²) in [6, 6.07) is 9.72. The molecule has 1 aliphatic rings. The molecule has 112 valence electrons. The first-order chi connectivity index (χ1) is 9.76. The first-order valence-electron chi connectivity index (χ1n) is 8.01. The Morgan fingerprint density at radius 2 is 1.80 bits per heavy atom. The third kappa shape index (κ3) is 4.05. The molecule has 1 aromatic carbocycles. The zero-order valence-electron chi connectivity index (χ0n) is 13.0. The Morgan fingerprint density at radius 3 is 2.40 bits per heavy atom. The highest BCUT2D eigenvalue weighted by Crippen LogP contribution is 2.18. The van der Waals surface area contributed by atoms with Gasteiger partial charge in [-0.25, -0.2) is 0 Å². The second-order valence-electron chi connectivity index (χ2n) is 5.75. The van der Waals surface area contributed by atoms with Crippen molar-refractivity contribution in [2.45, 2.75) is 39.3 Å². The fourth-order valence-corrected chi connectivity index (χ4v) is 3.23. The monoisotopic (exact) mass is 275 g/mol. The van der Waals surface area contributed by atoms with Crippen molar-refractivity contribution in [3.63, 3.8) is 0 Å². The van der Waals surface area contributed by atoms with Gasteiger partial charge in [0.05, 0.1) is 0 Å². The number of benzene rings is 1. The molecule has 2 rings (SSSR count). The van der Waals surface area contributed by atoms with Crippen LogP contribution in [0.3, 0.4) is 0 Å². The number of nitrogens with two attached hydrogens (primary N) is 1. The molecule has 1 saturated heterocycles. The Kier molecular flexibility index (Phi) is 6.02. The third-order valence-electron chi connectivity index (χ3n) is 4.44. The van der Waals surface area contributed by atoms with E-state index in [2.05, 4.69) is 47.9 Å². The van der Waals surface area contributed by atoms with E-state index in [4.69, 9.17) is 5.73 Å². The fourth-order valence-electron chi connectivity index (χ4n) is 3.23. The maximum absolute atomic E-state index is 5.59. The Bertz CT molecular complexity index is 384. The van der Waals surface area contributed by atoms with E-state index in [0.717, 1.165) is 25.6 Å². The molecular formula is C17H29N3. The first-order valence-corrected chi connectivity index (χ1v) is 8.01. The van der Waals surface area contributed by atoms with Crippen LogP contribution in [-0.2, 0) is 13.0 Å². The SMILES string of the molecule is CCN(CC)C1CCN(Cc2ccc(CCN)cc2)C1. The molecule has 0 radical (unpaired) electrons. The van der Waals surface area contributed by atoms with Gasteiger partial charge in [0, 0.05) is 25.7 Å². The van der Waals surface area contributed by atoms with Gasteiger partial charge in [-0.2, -0.15) is 0 Å². The van der Waals surface area contributed by atoms with Crippen molar-refractivity contribution < 1.29 is 0 Å². The second kappa shape index (κ2) is 7.77. The van der Waals surface area contributed by atoms with Crippen LogP contribution in [0.5, 0.6) is 0 Å². The van der Waals surface area contributed by atoms with Crippen LogP contribution >= 0.6 is 0 Å². The Balaban J connectivity index is 1.85. The van der Waals surface area contributed by atoms with Crippen LogP contribution in [-0.4, -0.2) is 48.6 Å². The third-order valence-corrected chi connectivity index (χ3v) is 4.44. The molecule has 0 spiro atoms. The molecule has 0 aromatic heterocycles. The van der Waals surface area contributed by atoms with E-state index >= 15 is 0 Å². The summed E-state index contributed by atoms with van der Waals surface area (Å²) in [5.41, 5.74) is 8.36. The maximum atomic E-state index is 5.59. The number of rotatable bonds is 7. The highest BCUT2D eigenvalue weighted by molar-refractivity contribution is 5.22. The summed E-state index contributed by atoms with van der Waals surface area (Å²) in [5, 5.41) is 0. The number of nitrogens with zero attached hydrogens (tertiary/aromatic N) is 2. The van der Waals surface area contributed by atoms with Crippen molar-refractivity contribution in [1.29, 1.82) is 0 Å². The summed E-state index contributed by atoms with van der Waals surface area (Å²) < 4.78 is 0.